The molecule has 0 radical (unpaired) electrons. The number of carbonyl (C=O) groups excluding carboxylic acids is 2. The van der Waals surface area contributed by atoms with Crippen LogP contribution in [-0.2, 0) is 0 Å². The van der Waals surface area contributed by atoms with Gasteiger partial charge in [-0.15, -0.1) is 0 Å². The Bertz CT molecular complexity index is 770. The summed E-state index contributed by atoms with van der Waals surface area (Å²) in [4.78, 5) is 25.9. The molecule has 0 spiro atoms. The van der Waals surface area contributed by atoms with E-state index in [0.717, 1.165) is 38.5 Å². The first kappa shape index (κ1) is 26.2. The van der Waals surface area contributed by atoms with Crippen LogP contribution in [0, 0.1) is 0 Å². The molecule has 2 aromatic rings. The second-order valence-electron chi connectivity index (χ2n) is 9.11. The highest BCUT2D eigenvalue weighted by molar-refractivity contribution is 6.13. The van der Waals surface area contributed by atoms with Gasteiger partial charge in [-0.05, 0) is 18.9 Å². The molecule has 0 amide bonds. The van der Waals surface area contributed by atoms with Crippen molar-refractivity contribution in [1.29, 1.82) is 0 Å². The highest BCUT2D eigenvalue weighted by Crippen LogP contribution is 2.33. The van der Waals surface area contributed by atoms with E-state index in [4.69, 9.17) is 0 Å². The van der Waals surface area contributed by atoms with Crippen LogP contribution in [0.1, 0.15) is 132 Å². The van der Waals surface area contributed by atoms with Crippen LogP contribution in [-0.4, -0.2) is 21.4 Å². The van der Waals surface area contributed by atoms with Crippen LogP contribution in [0.2, 0.25) is 0 Å². The van der Waals surface area contributed by atoms with E-state index < -0.39 is 0 Å². The third-order valence-corrected chi connectivity index (χ3v) is 6.38. The maximum Gasteiger partial charge on any atom is 0.233 e. The number of hydrogen-bond donors (Lipinski definition) is 1. The van der Waals surface area contributed by atoms with Gasteiger partial charge < -0.3 is 5.11 Å². The molecular formula is C28H43NO3. The molecular weight excluding hydrogens is 398 g/mol. The number of unbranched alkanes of at least 4 members (excludes halogenated alkanes) is 12. The molecule has 4 nitrogen and oxygen atoms in total. The number of rotatable bonds is 17. The lowest BCUT2D eigenvalue weighted by Gasteiger charge is -2.06. The molecule has 0 bridgehead atoms. The number of fused-ring (bicyclic) bond motifs is 1. The number of aromatic nitrogens is 1. The average molecular weight is 442 g/mol. The van der Waals surface area contributed by atoms with E-state index in [1.165, 1.54) is 55.9 Å². The van der Waals surface area contributed by atoms with Gasteiger partial charge in [0.15, 0.2) is 5.78 Å². The minimum absolute atomic E-state index is 0.0604. The summed E-state index contributed by atoms with van der Waals surface area (Å²) < 4.78 is 1.37. The van der Waals surface area contributed by atoms with Crippen molar-refractivity contribution < 1.29 is 14.7 Å². The molecule has 1 N–H and O–H groups in total. The minimum atomic E-state index is -0.174. The number of ketones is 1. The Kier molecular flexibility index (Phi) is 12.2. The van der Waals surface area contributed by atoms with Gasteiger partial charge >= 0.3 is 0 Å². The molecule has 0 unspecified atom stereocenters. The van der Waals surface area contributed by atoms with E-state index in [0.29, 0.717) is 29.3 Å². The number of benzene rings is 1. The van der Waals surface area contributed by atoms with E-state index in [1.54, 1.807) is 0 Å². The van der Waals surface area contributed by atoms with Crippen LogP contribution in [0.25, 0.3) is 10.9 Å². The van der Waals surface area contributed by atoms with Crippen LogP contribution in [0.3, 0.4) is 0 Å². The van der Waals surface area contributed by atoms with Crippen molar-refractivity contribution in [2.75, 3.05) is 0 Å². The summed E-state index contributed by atoms with van der Waals surface area (Å²) in [7, 11) is 0. The summed E-state index contributed by atoms with van der Waals surface area (Å²) in [6, 6.07) is 7.37. The lowest BCUT2D eigenvalue weighted by Crippen LogP contribution is -2.10. The molecule has 4 heteroatoms. The van der Waals surface area contributed by atoms with Crippen molar-refractivity contribution in [2.45, 2.75) is 117 Å². The largest absolute Gasteiger partial charge is 0.494 e. The lowest BCUT2D eigenvalue weighted by atomic mass is 10.0. The third kappa shape index (κ3) is 7.79. The summed E-state index contributed by atoms with van der Waals surface area (Å²) in [6.07, 6.45) is 16.8. The molecule has 32 heavy (non-hydrogen) atoms. The van der Waals surface area contributed by atoms with Crippen LogP contribution >= 0.6 is 0 Å². The fraction of sp³-hybridized carbons (Fsp3) is 0.643. The zero-order valence-electron chi connectivity index (χ0n) is 20.3. The smallest absolute Gasteiger partial charge is 0.233 e. The number of Topliss-reactive ketones (excluding diaryl/α,β-unsaturated/α-hetero) is 1. The summed E-state index contributed by atoms with van der Waals surface area (Å²) >= 11 is 0. The van der Waals surface area contributed by atoms with Gasteiger partial charge in [0, 0.05) is 18.2 Å². The van der Waals surface area contributed by atoms with Crippen LogP contribution in [0.15, 0.2) is 24.3 Å². The van der Waals surface area contributed by atoms with Crippen molar-refractivity contribution in [3.63, 3.8) is 0 Å². The molecule has 0 fully saturated rings. The normalized spacial score (nSPS) is 11.3. The predicted octanol–water partition coefficient (Wildman–Crippen LogP) is 8.45. The van der Waals surface area contributed by atoms with Gasteiger partial charge in [0.1, 0.15) is 0 Å². The van der Waals surface area contributed by atoms with Gasteiger partial charge in [0.25, 0.3) is 0 Å². The summed E-state index contributed by atoms with van der Waals surface area (Å²) in [5.74, 6) is -0.357. The SMILES string of the molecule is CCCCCCCCCC(=O)c1c(O)n(C(=O)CCCCCCCCC)c2ccccc12. The topological polar surface area (TPSA) is 59.3 Å². The standard InChI is InChI=1S/C28H43NO3/c1-3-5-7-9-11-13-15-21-25(30)27-23-19-17-18-20-24(23)29(28(27)32)26(31)22-16-14-12-10-8-6-4-2/h17-20,32H,3-16,21-22H2,1-2H3. The first-order chi connectivity index (χ1) is 15.6. The van der Waals surface area contributed by atoms with Gasteiger partial charge in [-0.25, -0.2) is 4.57 Å². The van der Waals surface area contributed by atoms with Crippen molar-refractivity contribution in [1.82, 2.24) is 4.57 Å². The molecule has 0 saturated heterocycles. The molecule has 1 heterocycles. The Balaban J connectivity index is 1.96. The number of carbonyl (C=O) groups is 2. The molecule has 0 aliphatic carbocycles. The Labute approximate surface area is 194 Å². The zero-order chi connectivity index (χ0) is 23.2. The second kappa shape index (κ2) is 14.9. The van der Waals surface area contributed by atoms with Crippen LogP contribution < -0.4 is 0 Å². The van der Waals surface area contributed by atoms with Gasteiger partial charge in [-0.3, -0.25) is 9.59 Å². The molecule has 0 aliphatic rings. The Morgan fingerprint density at radius 1 is 0.719 bits per heavy atom. The van der Waals surface area contributed by atoms with E-state index in [-0.39, 0.29) is 17.6 Å². The van der Waals surface area contributed by atoms with Gasteiger partial charge in [-0.1, -0.05) is 109 Å². The molecule has 0 aliphatic heterocycles. The molecule has 178 valence electrons. The molecule has 2 rings (SSSR count). The van der Waals surface area contributed by atoms with E-state index in [9.17, 15) is 14.7 Å². The molecule has 1 aromatic heterocycles. The highest BCUT2D eigenvalue weighted by Gasteiger charge is 2.24. The number of nitrogens with zero attached hydrogens (tertiary/aromatic N) is 1. The predicted molar refractivity (Wildman–Crippen MR) is 134 cm³/mol. The third-order valence-electron chi connectivity index (χ3n) is 6.38. The number of aromatic hydroxyl groups is 1. The maximum absolute atomic E-state index is 13.0. The number of hydrogen-bond acceptors (Lipinski definition) is 3. The Morgan fingerprint density at radius 3 is 1.81 bits per heavy atom. The van der Waals surface area contributed by atoms with Crippen LogP contribution in [0.5, 0.6) is 5.88 Å². The average Bonchev–Trinajstić information content (AvgIpc) is 3.09. The summed E-state index contributed by atoms with van der Waals surface area (Å²) in [6.45, 7) is 4.42. The quantitative estimate of drug-likeness (QED) is 0.198. The number of para-hydroxylation sites is 1. The highest BCUT2D eigenvalue weighted by atomic mass is 16.3. The minimum Gasteiger partial charge on any atom is -0.494 e. The van der Waals surface area contributed by atoms with Gasteiger partial charge in [0.05, 0.1) is 11.1 Å². The van der Waals surface area contributed by atoms with Crippen molar-refractivity contribution >= 4 is 22.6 Å². The monoisotopic (exact) mass is 441 g/mol. The van der Waals surface area contributed by atoms with E-state index >= 15 is 0 Å². The maximum atomic E-state index is 13.0. The van der Waals surface area contributed by atoms with Crippen molar-refractivity contribution in [3.05, 3.63) is 29.8 Å². The molecule has 1 aromatic carbocycles. The van der Waals surface area contributed by atoms with E-state index in [1.807, 2.05) is 24.3 Å². The first-order valence-electron chi connectivity index (χ1n) is 13.0. The van der Waals surface area contributed by atoms with Crippen molar-refractivity contribution in [3.8, 4) is 5.88 Å². The summed E-state index contributed by atoms with van der Waals surface area (Å²) in [5, 5.41) is 11.6. The molecule has 0 saturated carbocycles. The molecule has 0 atom stereocenters. The Morgan fingerprint density at radius 2 is 1.22 bits per heavy atom. The summed E-state index contributed by atoms with van der Waals surface area (Å²) in [5.41, 5.74) is 0.959. The second-order valence-corrected chi connectivity index (χ2v) is 9.11. The van der Waals surface area contributed by atoms with Gasteiger partial charge in [-0.2, -0.15) is 0 Å². The fourth-order valence-corrected chi connectivity index (χ4v) is 4.47. The van der Waals surface area contributed by atoms with Gasteiger partial charge in [0.2, 0.25) is 11.8 Å². The zero-order valence-corrected chi connectivity index (χ0v) is 20.3. The Hall–Kier alpha value is -2.10. The van der Waals surface area contributed by atoms with Crippen molar-refractivity contribution in [2.24, 2.45) is 0 Å². The fourth-order valence-electron chi connectivity index (χ4n) is 4.47. The first-order valence-corrected chi connectivity index (χ1v) is 13.0. The van der Waals surface area contributed by atoms with Crippen LogP contribution in [0.4, 0.5) is 0 Å². The lowest BCUT2D eigenvalue weighted by molar-refractivity contribution is 0.0895. The van der Waals surface area contributed by atoms with E-state index in [2.05, 4.69) is 13.8 Å².